The number of alkyl halides is 3. The first-order valence-corrected chi connectivity index (χ1v) is 11.1. The lowest BCUT2D eigenvalue weighted by Gasteiger charge is -2.10. The highest BCUT2D eigenvalue weighted by Gasteiger charge is 2.33. The van der Waals surface area contributed by atoms with Gasteiger partial charge in [-0.15, -0.1) is 0 Å². The molecule has 0 atom stereocenters. The second-order valence-electron chi connectivity index (χ2n) is 7.07. The maximum atomic E-state index is 13.2. The van der Waals surface area contributed by atoms with Crippen molar-refractivity contribution in [3.8, 4) is 0 Å². The molecule has 2 aromatic heterocycles. The van der Waals surface area contributed by atoms with Gasteiger partial charge in [0.2, 0.25) is 5.95 Å². The number of fused-ring (bicyclic) bond motifs is 1. The minimum atomic E-state index is -4.52. The molecule has 0 radical (unpaired) electrons. The van der Waals surface area contributed by atoms with E-state index >= 15 is 0 Å². The topological polar surface area (TPSA) is 113 Å². The van der Waals surface area contributed by atoms with Crippen molar-refractivity contribution in [2.24, 2.45) is 0 Å². The van der Waals surface area contributed by atoms with Gasteiger partial charge in [-0.3, -0.25) is 5.10 Å². The number of nitrogens with zero attached hydrogens (tertiary/aromatic N) is 3. The third kappa shape index (κ3) is 4.35. The molecule has 0 unspecified atom stereocenters. The molecule has 0 aliphatic rings. The molecule has 4 aromatic rings. The lowest BCUT2D eigenvalue weighted by atomic mass is 10.1. The summed E-state index contributed by atoms with van der Waals surface area (Å²) in [5.41, 5.74) is 0.121. The summed E-state index contributed by atoms with van der Waals surface area (Å²) in [4.78, 5) is 8.56. The zero-order valence-corrected chi connectivity index (χ0v) is 17.6. The number of sulfone groups is 1. The Hall–Kier alpha value is -3.67. The van der Waals surface area contributed by atoms with E-state index in [0.717, 1.165) is 12.3 Å². The number of H-pyrrole nitrogens is 1. The largest absolute Gasteiger partial charge is 0.418 e. The Morgan fingerprint density at radius 2 is 1.84 bits per heavy atom. The number of benzene rings is 2. The van der Waals surface area contributed by atoms with E-state index in [1.54, 1.807) is 19.1 Å². The summed E-state index contributed by atoms with van der Waals surface area (Å²) in [5.74, 6) is 0.614. The first kappa shape index (κ1) is 21.6. The minimum Gasteiger partial charge on any atom is -0.324 e. The van der Waals surface area contributed by atoms with Gasteiger partial charge in [-0.2, -0.15) is 23.3 Å². The van der Waals surface area contributed by atoms with E-state index in [0.29, 0.717) is 11.3 Å². The van der Waals surface area contributed by atoms with E-state index in [9.17, 15) is 21.6 Å². The summed E-state index contributed by atoms with van der Waals surface area (Å²) in [6.07, 6.45) is -1.95. The van der Waals surface area contributed by atoms with Crippen LogP contribution in [0.25, 0.3) is 10.9 Å². The Bertz CT molecular complexity index is 1420. The average molecular weight is 462 g/mol. The van der Waals surface area contributed by atoms with E-state index in [1.807, 2.05) is 0 Å². The number of hydrogen-bond acceptors (Lipinski definition) is 7. The second kappa shape index (κ2) is 7.79. The van der Waals surface area contributed by atoms with Gasteiger partial charge in [0.05, 0.1) is 16.0 Å². The van der Waals surface area contributed by atoms with Crippen LogP contribution in [0.4, 0.5) is 36.4 Å². The minimum absolute atomic E-state index is 0.136. The fourth-order valence-electron chi connectivity index (χ4n) is 3.19. The highest BCUT2D eigenvalue weighted by molar-refractivity contribution is 7.90. The van der Waals surface area contributed by atoms with Crippen LogP contribution < -0.4 is 10.6 Å². The van der Waals surface area contributed by atoms with Gasteiger partial charge in [-0.05, 0) is 42.8 Å². The van der Waals surface area contributed by atoms with E-state index in [1.165, 1.54) is 30.5 Å². The number of hydrogen-bond donors (Lipinski definition) is 3. The van der Waals surface area contributed by atoms with Crippen molar-refractivity contribution in [3.05, 3.63) is 59.8 Å². The van der Waals surface area contributed by atoms with Crippen LogP contribution in [0.3, 0.4) is 0 Å². The lowest BCUT2D eigenvalue weighted by Crippen LogP contribution is -2.05. The molecular formula is C20H17F3N6O2S. The van der Waals surface area contributed by atoms with Crippen molar-refractivity contribution in [2.75, 3.05) is 16.9 Å². The van der Waals surface area contributed by atoms with Crippen LogP contribution in [0.5, 0.6) is 0 Å². The van der Waals surface area contributed by atoms with Gasteiger partial charge in [0.1, 0.15) is 5.82 Å². The van der Waals surface area contributed by atoms with Crippen LogP contribution in [0, 0.1) is 6.92 Å². The molecule has 0 saturated heterocycles. The molecule has 32 heavy (non-hydrogen) atoms. The Morgan fingerprint density at radius 3 is 2.56 bits per heavy atom. The quantitative estimate of drug-likeness (QED) is 0.398. The molecule has 0 fully saturated rings. The molecule has 4 rings (SSSR count). The SMILES string of the molecule is Cc1ccc(Nc2nccc(Nc3n[nH]c4c(C(F)(F)F)cccc34)n2)cc1S(C)(=O)=O. The first-order chi connectivity index (χ1) is 15.0. The van der Waals surface area contributed by atoms with E-state index in [-0.39, 0.29) is 33.4 Å². The number of rotatable bonds is 5. The number of aromatic amines is 1. The Balaban J connectivity index is 1.61. The van der Waals surface area contributed by atoms with Crippen LogP contribution in [0.1, 0.15) is 11.1 Å². The molecule has 0 spiro atoms. The number of para-hydroxylation sites is 1. The third-order valence-electron chi connectivity index (χ3n) is 4.65. The molecule has 2 heterocycles. The molecule has 2 aromatic carbocycles. The molecule has 0 amide bonds. The van der Waals surface area contributed by atoms with Crippen LogP contribution in [-0.4, -0.2) is 34.8 Å². The summed E-state index contributed by atoms with van der Waals surface area (Å²) >= 11 is 0. The number of nitrogens with one attached hydrogen (secondary N) is 3. The number of aromatic nitrogens is 4. The van der Waals surface area contributed by atoms with Crippen molar-refractivity contribution in [1.29, 1.82) is 0 Å². The average Bonchev–Trinajstić information content (AvgIpc) is 3.11. The van der Waals surface area contributed by atoms with Gasteiger partial charge in [-0.1, -0.05) is 12.1 Å². The third-order valence-corrected chi connectivity index (χ3v) is 5.89. The summed E-state index contributed by atoms with van der Waals surface area (Å²) < 4.78 is 63.5. The molecule has 0 aliphatic heterocycles. The van der Waals surface area contributed by atoms with Crippen LogP contribution in [-0.2, 0) is 16.0 Å². The predicted octanol–water partition coefficient (Wildman–Crippen LogP) is 4.57. The summed E-state index contributed by atoms with van der Waals surface area (Å²) in [7, 11) is -3.41. The number of halogens is 3. The van der Waals surface area contributed by atoms with Crippen molar-refractivity contribution in [3.63, 3.8) is 0 Å². The molecule has 12 heteroatoms. The normalized spacial score (nSPS) is 12.2. The zero-order chi connectivity index (χ0) is 23.1. The fourth-order valence-corrected chi connectivity index (χ4v) is 4.18. The highest BCUT2D eigenvalue weighted by Crippen LogP contribution is 2.36. The standard InChI is InChI=1S/C20H17F3N6O2S/c1-11-6-7-12(10-15(11)32(2,30)31)25-19-24-9-8-16(27-19)26-18-13-4-3-5-14(20(21,22)23)17(13)28-29-18/h3-10H,1-2H3,(H3,24,25,26,27,28,29). The Labute approximate surface area is 180 Å². The molecule has 0 bridgehead atoms. The summed E-state index contributed by atoms with van der Waals surface area (Å²) in [6.45, 7) is 1.69. The molecule has 0 saturated carbocycles. The van der Waals surface area contributed by atoms with Gasteiger partial charge in [0.15, 0.2) is 15.7 Å². The molecule has 8 nitrogen and oxygen atoms in total. The first-order valence-electron chi connectivity index (χ1n) is 9.24. The van der Waals surface area contributed by atoms with Gasteiger partial charge in [0, 0.05) is 23.5 Å². The molecular weight excluding hydrogens is 445 g/mol. The number of aryl methyl sites for hydroxylation is 1. The van der Waals surface area contributed by atoms with Gasteiger partial charge in [-0.25, -0.2) is 13.4 Å². The van der Waals surface area contributed by atoms with Crippen molar-refractivity contribution in [1.82, 2.24) is 20.2 Å². The van der Waals surface area contributed by atoms with E-state index in [2.05, 4.69) is 30.8 Å². The van der Waals surface area contributed by atoms with E-state index in [4.69, 9.17) is 0 Å². The summed E-state index contributed by atoms with van der Waals surface area (Å²) in [6, 6.07) is 10.1. The zero-order valence-electron chi connectivity index (χ0n) is 16.8. The second-order valence-corrected chi connectivity index (χ2v) is 9.05. The van der Waals surface area contributed by atoms with Crippen molar-refractivity contribution < 1.29 is 21.6 Å². The van der Waals surface area contributed by atoms with Gasteiger partial charge in [0.25, 0.3) is 0 Å². The monoisotopic (exact) mass is 462 g/mol. The smallest absolute Gasteiger partial charge is 0.324 e. The Kier molecular flexibility index (Phi) is 5.25. The fraction of sp³-hybridized carbons (Fsp3) is 0.150. The van der Waals surface area contributed by atoms with Crippen LogP contribution in [0.2, 0.25) is 0 Å². The van der Waals surface area contributed by atoms with Gasteiger partial charge >= 0.3 is 6.18 Å². The number of anilines is 4. The Morgan fingerprint density at radius 1 is 1.06 bits per heavy atom. The molecule has 3 N–H and O–H groups in total. The summed E-state index contributed by atoms with van der Waals surface area (Å²) in [5, 5.41) is 12.4. The molecule has 166 valence electrons. The van der Waals surface area contributed by atoms with Crippen LogP contribution in [0.15, 0.2) is 53.6 Å². The van der Waals surface area contributed by atoms with Crippen molar-refractivity contribution in [2.45, 2.75) is 18.0 Å². The maximum Gasteiger partial charge on any atom is 0.418 e. The van der Waals surface area contributed by atoms with Gasteiger partial charge < -0.3 is 10.6 Å². The van der Waals surface area contributed by atoms with E-state index < -0.39 is 21.6 Å². The van der Waals surface area contributed by atoms with Crippen molar-refractivity contribution >= 4 is 44.0 Å². The lowest BCUT2D eigenvalue weighted by molar-refractivity contribution is -0.136. The maximum absolute atomic E-state index is 13.2. The highest BCUT2D eigenvalue weighted by atomic mass is 32.2. The van der Waals surface area contributed by atoms with Crippen LogP contribution >= 0.6 is 0 Å². The predicted molar refractivity (Wildman–Crippen MR) is 114 cm³/mol. The molecule has 0 aliphatic carbocycles.